The number of fused-ring (bicyclic) bond motifs is 1. The van der Waals surface area contributed by atoms with Crippen LogP contribution in [0.15, 0.2) is 34.2 Å². The highest BCUT2D eigenvalue weighted by Crippen LogP contribution is 2.36. The Hall–Kier alpha value is -2.19. The third-order valence-corrected chi connectivity index (χ3v) is 5.92. The van der Waals surface area contributed by atoms with Gasteiger partial charge < -0.3 is 10.3 Å². The molecule has 1 amide bonds. The summed E-state index contributed by atoms with van der Waals surface area (Å²) in [4.78, 5) is 33.7. The number of H-pyrrole nitrogens is 1. The van der Waals surface area contributed by atoms with Gasteiger partial charge in [-0.15, -0.1) is 11.3 Å². The van der Waals surface area contributed by atoms with E-state index in [1.54, 1.807) is 19.1 Å². The van der Waals surface area contributed by atoms with E-state index >= 15 is 0 Å². The van der Waals surface area contributed by atoms with Crippen molar-refractivity contribution in [2.75, 3.05) is 0 Å². The van der Waals surface area contributed by atoms with Crippen molar-refractivity contribution in [2.24, 2.45) is 0 Å². The highest BCUT2D eigenvalue weighted by atomic mass is 32.2. The average Bonchev–Trinajstić information content (AvgIpc) is 2.91. The molecule has 3 rings (SSSR count). The van der Waals surface area contributed by atoms with Gasteiger partial charge in [0.25, 0.3) is 5.56 Å². The molecule has 0 aliphatic carbocycles. The zero-order valence-corrected chi connectivity index (χ0v) is 17.1. The van der Waals surface area contributed by atoms with Gasteiger partial charge in [-0.05, 0) is 45.4 Å². The maximum absolute atomic E-state index is 13.2. The lowest BCUT2D eigenvalue weighted by Crippen LogP contribution is -2.36. The van der Waals surface area contributed by atoms with Crippen LogP contribution in [0, 0.1) is 12.7 Å². The minimum atomic E-state index is -0.384. The predicted octanol–water partition coefficient (Wildman–Crippen LogP) is 4.10. The van der Waals surface area contributed by atoms with Gasteiger partial charge in [-0.25, -0.2) is 9.37 Å². The molecule has 2 aromatic heterocycles. The number of aryl methyl sites for hydroxylation is 1. The first-order valence-corrected chi connectivity index (χ1v) is 10.2. The first kappa shape index (κ1) is 19.6. The van der Waals surface area contributed by atoms with Gasteiger partial charge in [0, 0.05) is 16.5 Å². The third kappa shape index (κ3) is 4.22. The number of halogens is 1. The molecule has 8 heteroatoms. The Bertz CT molecular complexity index is 1040. The molecule has 1 atom stereocenters. The van der Waals surface area contributed by atoms with E-state index in [1.165, 1.54) is 35.2 Å². The number of aromatic amines is 1. The molecule has 0 unspecified atom stereocenters. The van der Waals surface area contributed by atoms with Crippen LogP contribution in [0.4, 0.5) is 4.39 Å². The number of thioether (sulfide) groups is 1. The minimum absolute atomic E-state index is 0.0493. The van der Waals surface area contributed by atoms with Crippen molar-refractivity contribution in [3.63, 3.8) is 0 Å². The molecule has 0 aliphatic rings. The highest BCUT2D eigenvalue weighted by molar-refractivity contribution is 8.00. The lowest BCUT2D eigenvalue weighted by atomic mass is 10.0. The molecule has 0 radical (unpaired) electrons. The molecular weight excluding hydrogens is 385 g/mol. The fraction of sp³-hybridized carbons (Fsp3) is 0.316. The summed E-state index contributed by atoms with van der Waals surface area (Å²) in [7, 11) is 0. The van der Waals surface area contributed by atoms with Crippen LogP contribution < -0.4 is 10.9 Å². The highest BCUT2D eigenvalue weighted by Gasteiger charge is 2.20. The Morgan fingerprint density at radius 1 is 1.26 bits per heavy atom. The largest absolute Gasteiger partial charge is 0.353 e. The van der Waals surface area contributed by atoms with Crippen molar-refractivity contribution in [1.82, 2.24) is 15.3 Å². The van der Waals surface area contributed by atoms with E-state index in [4.69, 9.17) is 0 Å². The number of thiophene rings is 1. The molecule has 0 fully saturated rings. The summed E-state index contributed by atoms with van der Waals surface area (Å²) < 4.78 is 13.2. The molecule has 0 saturated carbocycles. The summed E-state index contributed by atoms with van der Waals surface area (Å²) >= 11 is 2.63. The molecule has 2 N–H and O–H groups in total. The van der Waals surface area contributed by atoms with Crippen LogP contribution in [0.5, 0.6) is 0 Å². The molecule has 3 aromatic rings. The van der Waals surface area contributed by atoms with Crippen molar-refractivity contribution < 1.29 is 9.18 Å². The van der Waals surface area contributed by atoms with Crippen LogP contribution in [0.1, 0.15) is 25.6 Å². The van der Waals surface area contributed by atoms with Crippen LogP contribution >= 0.6 is 23.1 Å². The van der Waals surface area contributed by atoms with Crippen LogP contribution in [0.2, 0.25) is 0 Å². The van der Waals surface area contributed by atoms with Crippen molar-refractivity contribution >= 4 is 39.2 Å². The van der Waals surface area contributed by atoms with E-state index in [1.807, 2.05) is 20.8 Å². The maximum Gasteiger partial charge on any atom is 0.260 e. The number of aromatic nitrogens is 2. The lowest BCUT2D eigenvalue weighted by molar-refractivity contribution is -0.120. The van der Waals surface area contributed by atoms with E-state index in [9.17, 15) is 14.0 Å². The van der Waals surface area contributed by atoms with Gasteiger partial charge in [0.2, 0.25) is 5.91 Å². The number of amides is 1. The number of hydrogen-bond donors (Lipinski definition) is 2. The van der Waals surface area contributed by atoms with Crippen LogP contribution in [0.25, 0.3) is 21.3 Å². The van der Waals surface area contributed by atoms with E-state index in [0.717, 1.165) is 16.0 Å². The number of nitrogens with zero attached hydrogens (tertiary/aromatic N) is 1. The van der Waals surface area contributed by atoms with Gasteiger partial charge in [-0.2, -0.15) is 0 Å². The van der Waals surface area contributed by atoms with Crippen molar-refractivity contribution in [2.45, 2.75) is 44.1 Å². The molecule has 0 spiro atoms. The average molecular weight is 406 g/mol. The minimum Gasteiger partial charge on any atom is -0.353 e. The summed E-state index contributed by atoms with van der Waals surface area (Å²) in [6.07, 6.45) is 0. The molecule has 0 bridgehead atoms. The normalized spacial score (nSPS) is 12.5. The second-order valence-electron chi connectivity index (χ2n) is 6.51. The Kier molecular flexibility index (Phi) is 5.67. The zero-order valence-electron chi connectivity index (χ0n) is 15.4. The van der Waals surface area contributed by atoms with Crippen LogP contribution in [-0.4, -0.2) is 27.2 Å². The first-order chi connectivity index (χ1) is 12.8. The molecule has 0 saturated heterocycles. The SMILES string of the molecule is Cc1sc2nc(S[C@H](C)C(=O)NC(C)C)[nH]c(=O)c2c1-c1ccc(F)cc1. The standard InChI is InChI=1S/C19H20FN3O2S2/c1-9(2)21-16(24)11(4)27-19-22-17(25)15-14(10(3)26-18(15)23-19)12-5-7-13(20)8-6-12/h5-9,11H,1-4H3,(H,21,24)(H,22,23,25)/t11-/m1/s1. The molecule has 0 aliphatic heterocycles. The van der Waals surface area contributed by atoms with Gasteiger partial charge in [-0.3, -0.25) is 9.59 Å². The lowest BCUT2D eigenvalue weighted by Gasteiger charge is -2.13. The van der Waals surface area contributed by atoms with Gasteiger partial charge in [0.15, 0.2) is 5.16 Å². The summed E-state index contributed by atoms with van der Waals surface area (Å²) in [5, 5.41) is 3.36. The quantitative estimate of drug-likeness (QED) is 0.495. The fourth-order valence-corrected chi connectivity index (χ4v) is 4.65. The van der Waals surface area contributed by atoms with Crippen molar-refractivity contribution in [1.29, 1.82) is 0 Å². The van der Waals surface area contributed by atoms with Gasteiger partial charge in [-0.1, -0.05) is 23.9 Å². The third-order valence-electron chi connectivity index (χ3n) is 3.94. The van der Waals surface area contributed by atoms with E-state index in [-0.39, 0.29) is 28.6 Å². The maximum atomic E-state index is 13.2. The number of nitrogens with one attached hydrogen (secondary N) is 2. The summed E-state index contributed by atoms with van der Waals surface area (Å²) in [5.41, 5.74) is 1.28. The van der Waals surface area contributed by atoms with Crippen LogP contribution in [-0.2, 0) is 4.79 Å². The van der Waals surface area contributed by atoms with Gasteiger partial charge >= 0.3 is 0 Å². The summed E-state index contributed by atoms with van der Waals surface area (Å²) in [6.45, 7) is 7.48. The number of hydrogen-bond acceptors (Lipinski definition) is 5. The number of benzene rings is 1. The topological polar surface area (TPSA) is 74.8 Å². The number of carbonyl (C=O) groups is 1. The fourth-order valence-electron chi connectivity index (χ4n) is 2.74. The summed E-state index contributed by atoms with van der Waals surface area (Å²) in [5.74, 6) is -0.428. The Balaban J connectivity index is 1.98. The predicted molar refractivity (Wildman–Crippen MR) is 109 cm³/mol. The Morgan fingerprint density at radius 3 is 2.56 bits per heavy atom. The molecule has 2 heterocycles. The molecule has 142 valence electrons. The zero-order chi connectivity index (χ0) is 19.7. The van der Waals surface area contributed by atoms with E-state index in [0.29, 0.717) is 15.4 Å². The Morgan fingerprint density at radius 2 is 1.93 bits per heavy atom. The summed E-state index contributed by atoms with van der Waals surface area (Å²) in [6, 6.07) is 6.11. The monoisotopic (exact) mass is 405 g/mol. The molecule has 1 aromatic carbocycles. The molecular formula is C19H20FN3O2S2. The first-order valence-electron chi connectivity index (χ1n) is 8.52. The van der Waals surface area contributed by atoms with Crippen LogP contribution in [0.3, 0.4) is 0 Å². The second-order valence-corrected chi connectivity index (χ2v) is 9.05. The second kappa shape index (κ2) is 7.82. The molecule has 27 heavy (non-hydrogen) atoms. The smallest absolute Gasteiger partial charge is 0.260 e. The van der Waals surface area contributed by atoms with E-state index < -0.39 is 0 Å². The van der Waals surface area contributed by atoms with E-state index in [2.05, 4.69) is 15.3 Å². The molecule has 5 nitrogen and oxygen atoms in total. The Labute approximate surface area is 164 Å². The van der Waals surface area contributed by atoms with Crippen molar-refractivity contribution in [3.8, 4) is 11.1 Å². The van der Waals surface area contributed by atoms with Gasteiger partial charge in [0.05, 0.1) is 10.6 Å². The van der Waals surface area contributed by atoms with Gasteiger partial charge in [0.1, 0.15) is 10.6 Å². The van der Waals surface area contributed by atoms with Crippen molar-refractivity contribution in [3.05, 3.63) is 45.3 Å². The number of carbonyl (C=O) groups excluding carboxylic acids is 1. The number of rotatable bonds is 5.